The lowest BCUT2D eigenvalue weighted by Crippen LogP contribution is -2.33. The molecular formula is C43H58N4. The van der Waals surface area contributed by atoms with Gasteiger partial charge in [-0.25, -0.2) is 4.98 Å². The van der Waals surface area contributed by atoms with E-state index in [1.54, 1.807) is 0 Å². The van der Waals surface area contributed by atoms with Gasteiger partial charge in [-0.2, -0.15) is 9.97 Å². The molecule has 250 valence electrons. The predicted molar refractivity (Wildman–Crippen MR) is 200 cm³/mol. The van der Waals surface area contributed by atoms with Gasteiger partial charge in [0.25, 0.3) is 0 Å². The van der Waals surface area contributed by atoms with Gasteiger partial charge in [0.2, 0.25) is 5.95 Å². The average molecular weight is 631 g/mol. The van der Waals surface area contributed by atoms with Crippen LogP contribution in [0, 0.1) is 17.8 Å². The molecular weight excluding hydrogens is 573 g/mol. The maximum atomic E-state index is 5.11. The van der Waals surface area contributed by atoms with E-state index in [0.29, 0.717) is 5.92 Å². The molecule has 4 heteroatoms. The number of aromatic nitrogens is 3. The van der Waals surface area contributed by atoms with Crippen LogP contribution in [0.5, 0.6) is 0 Å². The van der Waals surface area contributed by atoms with Crippen LogP contribution in [0.1, 0.15) is 116 Å². The standard InChI is InChI=1S/C43H58N4/c1-4-7-12-24-35(22-8-5-2)36(23-9-6-3)25-18-17-21-34-32-39-30-19-20-31-40(39)47(33-34)43-45-41(37-26-13-10-14-27-37)44-42(46-43)38-28-15-11-16-29-38/h10-11,13-16,19-20,26-31,34-36H,4-9,12,17-18,21-25,32-33H2,1-3H3. The molecule has 0 amide bonds. The van der Waals surface area contributed by atoms with Gasteiger partial charge < -0.3 is 4.90 Å². The summed E-state index contributed by atoms with van der Waals surface area (Å²) in [6, 6.07) is 29.5. The van der Waals surface area contributed by atoms with Gasteiger partial charge in [0.05, 0.1) is 0 Å². The molecule has 5 rings (SSSR count). The van der Waals surface area contributed by atoms with Crippen molar-refractivity contribution in [2.24, 2.45) is 17.8 Å². The molecule has 3 aromatic carbocycles. The van der Waals surface area contributed by atoms with E-state index >= 15 is 0 Å². The normalized spacial score (nSPS) is 15.7. The highest BCUT2D eigenvalue weighted by molar-refractivity contribution is 5.68. The molecule has 0 saturated carbocycles. The molecule has 4 aromatic rings. The van der Waals surface area contributed by atoms with Crippen molar-refractivity contribution in [1.82, 2.24) is 15.0 Å². The van der Waals surface area contributed by atoms with E-state index < -0.39 is 0 Å². The summed E-state index contributed by atoms with van der Waals surface area (Å²) >= 11 is 0. The zero-order chi connectivity index (χ0) is 32.7. The molecule has 1 aromatic heterocycles. The molecule has 1 aliphatic heterocycles. The molecule has 0 bridgehead atoms. The van der Waals surface area contributed by atoms with Gasteiger partial charge >= 0.3 is 0 Å². The van der Waals surface area contributed by atoms with Crippen molar-refractivity contribution in [1.29, 1.82) is 0 Å². The van der Waals surface area contributed by atoms with Gasteiger partial charge in [0.1, 0.15) is 0 Å². The fraction of sp³-hybridized carbons (Fsp3) is 0.512. The third-order valence-corrected chi connectivity index (χ3v) is 10.3. The van der Waals surface area contributed by atoms with Gasteiger partial charge in [0.15, 0.2) is 11.6 Å². The van der Waals surface area contributed by atoms with Crippen LogP contribution in [0.15, 0.2) is 84.9 Å². The maximum absolute atomic E-state index is 5.11. The van der Waals surface area contributed by atoms with Crippen LogP contribution in [0.4, 0.5) is 11.6 Å². The van der Waals surface area contributed by atoms with E-state index in [2.05, 4.69) is 98.5 Å². The Bertz CT molecular complexity index is 1400. The van der Waals surface area contributed by atoms with Crippen LogP contribution in [-0.2, 0) is 6.42 Å². The minimum Gasteiger partial charge on any atom is -0.310 e. The van der Waals surface area contributed by atoms with Gasteiger partial charge in [-0.3, -0.25) is 0 Å². The van der Waals surface area contributed by atoms with E-state index in [-0.39, 0.29) is 0 Å². The van der Waals surface area contributed by atoms with Gasteiger partial charge in [0, 0.05) is 23.4 Å². The number of para-hydroxylation sites is 1. The molecule has 0 saturated heterocycles. The number of hydrogen-bond donors (Lipinski definition) is 0. The van der Waals surface area contributed by atoms with Crippen molar-refractivity contribution < 1.29 is 0 Å². The van der Waals surface area contributed by atoms with Crippen LogP contribution in [-0.4, -0.2) is 21.5 Å². The van der Waals surface area contributed by atoms with Crippen molar-refractivity contribution in [2.75, 3.05) is 11.4 Å². The highest BCUT2D eigenvalue weighted by Gasteiger charge is 2.28. The number of fused-ring (bicyclic) bond motifs is 1. The third-order valence-electron chi connectivity index (χ3n) is 10.3. The molecule has 0 radical (unpaired) electrons. The Hall–Kier alpha value is -3.53. The highest BCUT2D eigenvalue weighted by atomic mass is 15.3. The summed E-state index contributed by atoms with van der Waals surface area (Å²) in [6.45, 7) is 8.00. The first-order valence-electron chi connectivity index (χ1n) is 18.9. The average Bonchev–Trinajstić information content (AvgIpc) is 3.13. The molecule has 0 aliphatic carbocycles. The third kappa shape index (κ3) is 9.98. The fourth-order valence-corrected chi connectivity index (χ4v) is 7.64. The van der Waals surface area contributed by atoms with E-state index in [9.17, 15) is 0 Å². The van der Waals surface area contributed by atoms with Crippen LogP contribution in [0.3, 0.4) is 0 Å². The summed E-state index contributed by atoms with van der Waals surface area (Å²) in [5.41, 5.74) is 4.67. The van der Waals surface area contributed by atoms with Crippen molar-refractivity contribution in [3.05, 3.63) is 90.5 Å². The Morgan fingerprint density at radius 2 is 1.09 bits per heavy atom. The van der Waals surface area contributed by atoms with E-state index in [4.69, 9.17) is 15.0 Å². The van der Waals surface area contributed by atoms with Crippen LogP contribution in [0.2, 0.25) is 0 Å². The number of hydrogen-bond acceptors (Lipinski definition) is 4. The Morgan fingerprint density at radius 1 is 0.574 bits per heavy atom. The molecule has 0 fully saturated rings. The first-order chi connectivity index (χ1) is 23.2. The second-order valence-corrected chi connectivity index (χ2v) is 13.9. The van der Waals surface area contributed by atoms with E-state index in [0.717, 1.165) is 53.5 Å². The molecule has 0 spiro atoms. The zero-order valence-electron chi connectivity index (χ0n) is 29.4. The summed E-state index contributed by atoms with van der Waals surface area (Å²) in [5.74, 6) is 4.61. The molecule has 1 aliphatic rings. The SMILES string of the molecule is CCCCCC(CCCC)C(CCCC)CCCCC1Cc2ccccc2N(c2nc(-c3ccccc3)nc(-c3ccccc3)n2)C1. The zero-order valence-corrected chi connectivity index (χ0v) is 29.4. The quantitative estimate of drug-likeness (QED) is 0.0967. The minimum atomic E-state index is 0.580. The van der Waals surface area contributed by atoms with E-state index in [1.807, 2.05) is 12.1 Å². The number of nitrogens with zero attached hydrogens (tertiary/aromatic N) is 4. The Balaban J connectivity index is 1.32. The van der Waals surface area contributed by atoms with Crippen molar-refractivity contribution >= 4 is 11.6 Å². The van der Waals surface area contributed by atoms with Crippen molar-refractivity contribution in [2.45, 2.75) is 117 Å². The lowest BCUT2D eigenvalue weighted by Gasteiger charge is -2.35. The number of rotatable bonds is 19. The molecule has 0 N–H and O–H groups in total. The Labute approximate surface area is 285 Å². The summed E-state index contributed by atoms with van der Waals surface area (Å²) in [7, 11) is 0. The second-order valence-electron chi connectivity index (χ2n) is 13.9. The van der Waals surface area contributed by atoms with Crippen LogP contribution >= 0.6 is 0 Å². The minimum absolute atomic E-state index is 0.580. The second kappa shape index (κ2) is 18.7. The fourth-order valence-electron chi connectivity index (χ4n) is 7.64. The van der Waals surface area contributed by atoms with Gasteiger partial charge in [-0.05, 0) is 42.2 Å². The smallest absolute Gasteiger partial charge is 0.234 e. The summed E-state index contributed by atoms with van der Waals surface area (Å²) < 4.78 is 0. The Morgan fingerprint density at radius 3 is 1.66 bits per heavy atom. The van der Waals surface area contributed by atoms with E-state index in [1.165, 1.54) is 101 Å². The first-order valence-corrected chi connectivity index (χ1v) is 18.9. The summed E-state index contributed by atoms with van der Waals surface area (Å²) in [4.78, 5) is 17.6. The molecule has 4 nitrogen and oxygen atoms in total. The highest BCUT2D eigenvalue weighted by Crippen LogP contribution is 2.38. The molecule has 47 heavy (non-hydrogen) atoms. The maximum Gasteiger partial charge on any atom is 0.234 e. The van der Waals surface area contributed by atoms with Gasteiger partial charge in [-0.1, -0.05) is 183 Å². The molecule has 3 atom stereocenters. The number of benzene rings is 3. The monoisotopic (exact) mass is 630 g/mol. The van der Waals surface area contributed by atoms with Gasteiger partial charge in [-0.15, -0.1) is 0 Å². The molecule has 3 unspecified atom stereocenters. The largest absolute Gasteiger partial charge is 0.310 e. The van der Waals surface area contributed by atoms with Crippen LogP contribution in [0.25, 0.3) is 22.8 Å². The number of anilines is 2. The lowest BCUT2D eigenvalue weighted by atomic mass is 9.78. The lowest BCUT2D eigenvalue weighted by molar-refractivity contribution is 0.238. The first kappa shape index (κ1) is 34.8. The Kier molecular flexibility index (Phi) is 13.9. The molecule has 2 heterocycles. The van der Waals surface area contributed by atoms with Crippen molar-refractivity contribution in [3.63, 3.8) is 0 Å². The predicted octanol–water partition coefficient (Wildman–Crippen LogP) is 12.3. The summed E-state index contributed by atoms with van der Waals surface area (Å²) in [6.07, 6.45) is 20.3. The summed E-state index contributed by atoms with van der Waals surface area (Å²) in [5, 5.41) is 0. The van der Waals surface area contributed by atoms with Crippen molar-refractivity contribution in [3.8, 4) is 22.8 Å². The van der Waals surface area contributed by atoms with Crippen LogP contribution < -0.4 is 4.90 Å². The topological polar surface area (TPSA) is 41.9 Å². The number of unbranched alkanes of at least 4 members (excludes halogenated alkanes) is 5.